The SMILES string of the molecule is COc1cc(C=C(C#N)C(=O)NCc2cccnc2)cc(Br)c1O. The van der Waals surface area contributed by atoms with Crippen LogP contribution in [0.15, 0.2) is 46.7 Å². The maximum Gasteiger partial charge on any atom is 0.262 e. The first-order valence-electron chi connectivity index (χ1n) is 6.90. The van der Waals surface area contributed by atoms with Gasteiger partial charge in [0.1, 0.15) is 11.6 Å². The summed E-state index contributed by atoms with van der Waals surface area (Å²) in [4.78, 5) is 16.1. The molecule has 1 heterocycles. The number of methoxy groups -OCH3 is 1. The summed E-state index contributed by atoms with van der Waals surface area (Å²) in [5, 5.41) is 21.7. The Labute approximate surface area is 147 Å². The Kier molecular flexibility index (Phi) is 5.93. The topological polar surface area (TPSA) is 95.2 Å². The summed E-state index contributed by atoms with van der Waals surface area (Å²) in [6, 6.07) is 8.58. The van der Waals surface area contributed by atoms with Gasteiger partial charge in [-0.05, 0) is 51.3 Å². The number of nitriles is 1. The van der Waals surface area contributed by atoms with Gasteiger partial charge in [0, 0.05) is 18.9 Å². The minimum absolute atomic E-state index is 0.0470. The number of halogens is 1. The number of phenolic OH excluding ortho intramolecular Hbond substituents is 1. The van der Waals surface area contributed by atoms with Crippen molar-refractivity contribution in [2.75, 3.05) is 7.11 Å². The van der Waals surface area contributed by atoms with E-state index in [9.17, 15) is 15.2 Å². The van der Waals surface area contributed by atoms with Gasteiger partial charge in [-0.3, -0.25) is 9.78 Å². The molecular formula is C17H14BrN3O3. The van der Waals surface area contributed by atoms with Gasteiger partial charge in [-0.25, -0.2) is 0 Å². The highest BCUT2D eigenvalue weighted by molar-refractivity contribution is 9.10. The standard InChI is InChI=1S/C17H14BrN3O3/c1-24-15-7-12(6-14(18)16(15)22)5-13(8-19)17(23)21-10-11-3-2-4-20-9-11/h2-7,9,22H,10H2,1H3,(H,21,23). The van der Waals surface area contributed by atoms with Crippen molar-refractivity contribution in [2.45, 2.75) is 6.54 Å². The maximum atomic E-state index is 12.1. The second-order valence-electron chi connectivity index (χ2n) is 4.77. The van der Waals surface area contributed by atoms with Crippen LogP contribution in [0.4, 0.5) is 0 Å². The largest absolute Gasteiger partial charge is 0.503 e. The monoisotopic (exact) mass is 387 g/mol. The van der Waals surface area contributed by atoms with E-state index in [1.807, 2.05) is 12.1 Å². The lowest BCUT2D eigenvalue weighted by atomic mass is 10.1. The first kappa shape index (κ1) is 17.5. The highest BCUT2D eigenvalue weighted by atomic mass is 79.9. The Morgan fingerprint density at radius 2 is 2.33 bits per heavy atom. The van der Waals surface area contributed by atoms with Gasteiger partial charge in [-0.15, -0.1) is 0 Å². The quantitative estimate of drug-likeness (QED) is 0.607. The molecule has 1 aromatic heterocycles. The molecule has 2 aromatic rings. The summed E-state index contributed by atoms with van der Waals surface area (Å²) < 4.78 is 5.45. The zero-order chi connectivity index (χ0) is 17.5. The van der Waals surface area contributed by atoms with Gasteiger partial charge in [0.2, 0.25) is 0 Å². The van der Waals surface area contributed by atoms with Crippen LogP contribution in [0.2, 0.25) is 0 Å². The zero-order valence-corrected chi connectivity index (χ0v) is 14.4. The first-order chi connectivity index (χ1) is 11.5. The third-order valence-corrected chi connectivity index (χ3v) is 3.73. The second-order valence-corrected chi connectivity index (χ2v) is 5.62. The van der Waals surface area contributed by atoms with Crippen molar-refractivity contribution in [1.29, 1.82) is 5.26 Å². The van der Waals surface area contributed by atoms with E-state index in [1.165, 1.54) is 19.3 Å². The summed E-state index contributed by atoms with van der Waals surface area (Å²) in [5.41, 5.74) is 1.32. The molecule has 1 amide bonds. The number of aromatic nitrogens is 1. The molecule has 24 heavy (non-hydrogen) atoms. The second kappa shape index (κ2) is 8.13. The number of benzene rings is 1. The first-order valence-corrected chi connectivity index (χ1v) is 7.70. The van der Waals surface area contributed by atoms with Gasteiger partial charge in [0.05, 0.1) is 11.6 Å². The van der Waals surface area contributed by atoms with Gasteiger partial charge >= 0.3 is 0 Å². The maximum absolute atomic E-state index is 12.1. The van der Waals surface area contributed by atoms with Crippen LogP contribution in [-0.4, -0.2) is 23.1 Å². The van der Waals surface area contributed by atoms with Crippen LogP contribution >= 0.6 is 15.9 Å². The molecule has 0 spiro atoms. The molecular weight excluding hydrogens is 374 g/mol. The van der Waals surface area contributed by atoms with Crippen LogP contribution in [0.3, 0.4) is 0 Å². The number of aromatic hydroxyl groups is 1. The summed E-state index contributed by atoms with van der Waals surface area (Å²) in [5.74, 6) is -0.303. The van der Waals surface area contributed by atoms with Crippen LogP contribution in [0, 0.1) is 11.3 Å². The van der Waals surface area contributed by atoms with Crippen molar-refractivity contribution in [2.24, 2.45) is 0 Å². The lowest BCUT2D eigenvalue weighted by molar-refractivity contribution is -0.117. The number of amides is 1. The average molecular weight is 388 g/mol. The summed E-state index contributed by atoms with van der Waals surface area (Å²) >= 11 is 3.20. The number of carbonyl (C=O) groups excluding carboxylic acids is 1. The molecule has 0 saturated carbocycles. The number of phenols is 1. The van der Waals surface area contributed by atoms with Crippen LogP contribution in [-0.2, 0) is 11.3 Å². The average Bonchev–Trinajstić information content (AvgIpc) is 2.61. The fourth-order valence-electron chi connectivity index (χ4n) is 1.93. The molecule has 122 valence electrons. The van der Waals surface area contributed by atoms with Crippen molar-refractivity contribution in [3.8, 4) is 17.6 Å². The molecule has 0 aliphatic rings. The predicted molar refractivity (Wildman–Crippen MR) is 92.0 cm³/mol. The Balaban J connectivity index is 2.18. The molecule has 0 bridgehead atoms. The number of rotatable bonds is 5. The van der Waals surface area contributed by atoms with Gasteiger partial charge < -0.3 is 15.2 Å². The molecule has 7 heteroatoms. The van der Waals surface area contributed by atoms with Gasteiger partial charge in [-0.1, -0.05) is 6.07 Å². The van der Waals surface area contributed by atoms with Crippen LogP contribution in [0.1, 0.15) is 11.1 Å². The van der Waals surface area contributed by atoms with E-state index in [1.54, 1.807) is 24.5 Å². The van der Waals surface area contributed by atoms with Gasteiger partial charge in [-0.2, -0.15) is 5.26 Å². The normalized spacial score (nSPS) is 10.8. The zero-order valence-electron chi connectivity index (χ0n) is 12.8. The molecule has 6 nitrogen and oxygen atoms in total. The molecule has 2 N–H and O–H groups in total. The summed E-state index contributed by atoms with van der Waals surface area (Å²) in [7, 11) is 1.42. The van der Waals surface area contributed by atoms with E-state index in [0.717, 1.165) is 5.56 Å². The number of nitrogens with zero attached hydrogens (tertiary/aromatic N) is 2. The van der Waals surface area contributed by atoms with E-state index in [2.05, 4.69) is 26.2 Å². The fraction of sp³-hybridized carbons (Fsp3) is 0.118. The Morgan fingerprint density at radius 3 is 2.96 bits per heavy atom. The van der Waals surface area contributed by atoms with Crippen LogP contribution < -0.4 is 10.1 Å². The third kappa shape index (κ3) is 4.33. The number of nitrogens with one attached hydrogen (secondary N) is 1. The molecule has 0 aliphatic heterocycles. The number of hydrogen-bond donors (Lipinski definition) is 2. The van der Waals surface area contributed by atoms with E-state index in [0.29, 0.717) is 10.0 Å². The number of hydrogen-bond acceptors (Lipinski definition) is 5. The summed E-state index contributed by atoms with van der Waals surface area (Å²) in [6.45, 7) is 0.272. The lowest BCUT2D eigenvalue weighted by Crippen LogP contribution is -2.24. The Bertz CT molecular complexity index is 814. The smallest absolute Gasteiger partial charge is 0.262 e. The third-order valence-electron chi connectivity index (χ3n) is 3.12. The molecule has 0 saturated heterocycles. The van der Waals surface area contributed by atoms with Crippen molar-refractivity contribution in [3.05, 3.63) is 57.8 Å². The Hall–Kier alpha value is -2.85. The van der Waals surface area contributed by atoms with E-state index < -0.39 is 5.91 Å². The molecule has 2 rings (SSSR count). The van der Waals surface area contributed by atoms with Gasteiger partial charge in [0.25, 0.3) is 5.91 Å². The fourth-order valence-corrected chi connectivity index (χ4v) is 2.39. The summed E-state index contributed by atoms with van der Waals surface area (Å²) in [6.07, 6.45) is 4.70. The van der Waals surface area contributed by atoms with E-state index >= 15 is 0 Å². The number of ether oxygens (including phenoxy) is 1. The molecule has 0 radical (unpaired) electrons. The molecule has 0 unspecified atom stereocenters. The molecule has 0 aliphatic carbocycles. The van der Waals surface area contributed by atoms with Gasteiger partial charge in [0.15, 0.2) is 11.5 Å². The van der Waals surface area contributed by atoms with Crippen LogP contribution in [0.25, 0.3) is 6.08 Å². The molecule has 1 aromatic carbocycles. The molecule has 0 fully saturated rings. The minimum Gasteiger partial charge on any atom is -0.503 e. The van der Waals surface area contributed by atoms with Crippen molar-refractivity contribution < 1.29 is 14.6 Å². The number of carbonyl (C=O) groups is 1. The minimum atomic E-state index is -0.496. The van der Waals surface area contributed by atoms with Crippen molar-refractivity contribution >= 4 is 27.9 Å². The lowest BCUT2D eigenvalue weighted by Gasteiger charge is -2.07. The highest BCUT2D eigenvalue weighted by Gasteiger charge is 2.12. The number of pyridine rings is 1. The van der Waals surface area contributed by atoms with E-state index in [-0.39, 0.29) is 23.6 Å². The van der Waals surface area contributed by atoms with E-state index in [4.69, 9.17) is 4.74 Å². The van der Waals surface area contributed by atoms with Crippen molar-refractivity contribution in [1.82, 2.24) is 10.3 Å². The predicted octanol–water partition coefficient (Wildman–Crippen LogP) is 2.78. The Morgan fingerprint density at radius 1 is 1.54 bits per heavy atom. The van der Waals surface area contributed by atoms with Crippen LogP contribution in [0.5, 0.6) is 11.5 Å². The highest BCUT2D eigenvalue weighted by Crippen LogP contribution is 2.35. The van der Waals surface area contributed by atoms with Crippen molar-refractivity contribution in [3.63, 3.8) is 0 Å². The molecule has 0 atom stereocenters.